The summed E-state index contributed by atoms with van der Waals surface area (Å²) in [6, 6.07) is 20.4. The molecule has 1 N–H and O–H groups in total. The first kappa shape index (κ1) is 13.6. The maximum absolute atomic E-state index is 5.91. The second kappa shape index (κ2) is 6.01. The average molecular weight is 303 g/mol. The zero-order chi connectivity index (χ0) is 15.5. The number of nitrogens with zero attached hydrogens (tertiary/aromatic N) is 2. The van der Waals surface area contributed by atoms with Crippen LogP contribution in [0.15, 0.2) is 71.9 Å². The van der Waals surface area contributed by atoms with E-state index in [2.05, 4.69) is 51.4 Å². The molecule has 0 atom stereocenters. The Kier molecular flexibility index (Phi) is 3.56. The van der Waals surface area contributed by atoms with E-state index in [1.165, 1.54) is 5.56 Å². The van der Waals surface area contributed by atoms with Gasteiger partial charge in [0.1, 0.15) is 18.2 Å². The van der Waals surface area contributed by atoms with E-state index < -0.39 is 0 Å². The minimum atomic E-state index is 0.568. The van der Waals surface area contributed by atoms with Crippen molar-refractivity contribution in [2.75, 3.05) is 5.32 Å². The van der Waals surface area contributed by atoms with Crippen LogP contribution in [0.2, 0.25) is 0 Å². The molecule has 0 amide bonds. The molecule has 0 saturated heterocycles. The van der Waals surface area contributed by atoms with E-state index >= 15 is 0 Å². The van der Waals surface area contributed by atoms with Crippen LogP contribution in [0.25, 0.3) is 5.69 Å². The van der Waals surface area contributed by atoms with Gasteiger partial charge in [-0.3, -0.25) is 4.99 Å². The molecule has 0 unspecified atom stereocenters. The van der Waals surface area contributed by atoms with Gasteiger partial charge in [0, 0.05) is 17.8 Å². The van der Waals surface area contributed by atoms with Gasteiger partial charge in [0.05, 0.1) is 18.6 Å². The van der Waals surface area contributed by atoms with Crippen LogP contribution in [-0.2, 0) is 13.2 Å². The maximum atomic E-state index is 5.91. The largest absolute Gasteiger partial charge is 0.489 e. The SMILES string of the molecule is C1=NCc2ccn(-c3cccc(OCc4ccccc4)c3)c2N1. The topological polar surface area (TPSA) is 38.5 Å². The van der Waals surface area contributed by atoms with Crippen molar-refractivity contribution in [3.63, 3.8) is 0 Å². The lowest BCUT2D eigenvalue weighted by Gasteiger charge is -2.14. The molecule has 4 nitrogen and oxygen atoms in total. The van der Waals surface area contributed by atoms with E-state index in [0.717, 1.165) is 29.4 Å². The minimum Gasteiger partial charge on any atom is -0.489 e. The molecule has 0 fully saturated rings. The van der Waals surface area contributed by atoms with Crippen molar-refractivity contribution in [1.29, 1.82) is 0 Å². The van der Waals surface area contributed by atoms with Gasteiger partial charge >= 0.3 is 0 Å². The van der Waals surface area contributed by atoms with Crippen LogP contribution in [0, 0.1) is 0 Å². The van der Waals surface area contributed by atoms with E-state index in [1.807, 2.05) is 30.3 Å². The van der Waals surface area contributed by atoms with Gasteiger partial charge in [0.2, 0.25) is 0 Å². The molecule has 1 aliphatic heterocycles. The molecule has 4 rings (SSSR count). The number of benzene rings is 2. The number of hydrogen-bond acceptors (Lipinski definition) is 3. The number of aromatic nitrogens is 1. The Morgan fingerprint density at radius 1 is 1.04 bits per heavy atom. The molecule has 2 aromatic carbocycles. The maximum Gasteiger partial charge on any atom is 0.121 e. The summed E-state index contributed by atoms with van der Waals surface area (Å²) in [5.41, 5.74) is 3.43. The van der Waals surface area contributed by atoms with Crippen molar-refractivity contribution in [1.82, 2.24) is 4.57 Å². The van der Waals surface area contributed by atoms with E-state index in [0.29, 0.717) is 6.61 Å². The first-order valence-electron chi connectivity index (χ1n) is 7.62. The van der Waals surface area contributed by atoms with Gasteiger partial charge in [0.15, 0.2) is 0 Å². The van der Waals surface area contributed by atoms with Crippen LogP contribution < -0.4 is 10.1 Å². The lowest BCUT2D eigenvalue weighted by molar-refractivity contribution is 0.306. The number of anilines is 1. The molecule has 23 heavy (non-hydrogen) atoms. The average Bonchev–Trinajstić information content (AvgIpc) is 3.05. The Labute approximate surface area is 135 Å². The molecule has 0 bridgehead atoms. The molecule has 4 heteroatoms. The van der Waals surface area contributed by atoms with Gasteiger partial charge in [-0.1, -0.05) is 36.4 Å². The molecule has 2 heterocycles. The van der Waals surface area contributed by atoms with Crippen LogP contribution in [0.5, 0.6) is 5.75 Å². The molecule has 1 aromatic heterocycles. The Morgan fingerprint density at radius 3 is 2.87 bits per heavy atom. The fourth-order valence-corrected chi connectivity index (χ4v) is 2.69. The number of aliphatic imine (C=N–C) groups is 1. The molecule has 0 aliphatic carbocycles. The van der Waals surface area contributed by atoms with Crippen molar-refractivity contribution in [3.8, 4) is 11.4 Å². The Hall–Kier alpha value is -3.01. The first-order chi connectivity index (χ1) is 11.4. The van der Waals surface area contributed by atoms with Gasteiger partial charge < -0.3 is 14.6 Å². The third-order valence-electron chi connectivity index (χ3n) is 3.87. The molecule has 114 valence electrons. The van der Waals surface area contributed by atoms with Gasteiger partial charge in [-0.15, -0.1) is 0 Å². The normalized spacial score (nSPS) is 12.5. The molecular weight excluding hydrogens is 286 g/mol. The zero-order valence-corrected chi connectivity index (χ0v) is 12.6. The standard InChI is InChI=1S/C19H17N3O/c1-2-5-15(6-3-1)13-23-18-8-4-7-17(11-18)22-10-9-16-12-20-14-21-19(16)22/h1-11,14H,12-13H2,(H,20,21). The summed E-state index contributed by atoms with van der Waals surface area (Å²) < 4.78 is 8.04. The van der Waals surface area contributed by atoms with Gasteiger partial charge in [-0.05, 0) is 23.8 Å². The second-order valence-corrected chi connectivity index (χ2v) is 5.45. The summed E-state index contributed by atoms with van der Waals surface area (Å²) >= 11 is 0. The smallest absolute Gasteiger partial charge is 0.121 e. The number of ether oxygens (including phenoxy) is 1. The predicted octanol–water partition coefficient (Wildman–Crippen LogP) is 4.01. The highest BCUT2D eigenvalue weighted by atomic mass is 16.5. The van der Waals surface area contributed by atoms with Crippen molar-refractivity contribution in [2.24, 2.45) is 4.99 Å². The summed E-state index contributed by atoms with van der Waals surface area (Å²) in [4.78, 5) is 4.23. The fraction of sp³-hybridized carbons (Fsp3) is 0.105. The van der Waals surface area contributed by atoms with Crippen LogP contribution >= 0.6 is 0 Å². The Bertz CT molecular complexity index is 837. The highest BCUT2D eigenvalue weighted by molar-refractivity contribution is 5.79. The van der Waals surface area contributed by atoms with E-state index in [1.54, 1.807) is 6.34 Å². The van der Waals surface area contributed by atoms with Crippen LogP contribution in [0.1, 0.15) is 11.1 Å². The minimum absolute atomic E-state index is 0.568. The number of hydrogen-bond donors (Lipinski definition) is 1. The quantitative estimate of drug-likeness (QED) is 0.791. The Balaban J connectivity index is 1.56. The van der Waals surface area contributed by atoms with E-state index in [-0.39, 0.29) is 0 Å². The summed E-state index contributed by atoms with van der Waals surface area (Å²) in [5, 5.41) is 3.22. The first-order valence-corrected chi connectivity index (χ1v) is 7.62. The lowest BCUT2D eigenvalue weighted by atomic mass is 10.2. The van der Waals surface area contributed by atoms with Crippen LogP contribution in [-0.4, -0.2) is 10.9 Å². The molecule has 0 radical (unpaired) electrons. The number of nitrogens with one attached hydrogen (secondary N) is 1. The van der Waals surface area contributed by atoms with Crippen molar-refractivity contribution >= 4 is 12.2 Å². The summed E-state index contributed by atoms with van der Waals surface area (Å²) in [7, 11) is 0. The summed E-state index contributed by atoms with van der Waals surface area (Å²) in [5.74, 6) is 1.93. The summed E-state index contributed by atoms with van der Waals surface area (Å²) in [6.07, 6.45) is 3.80. The fourth-order valence-electron chi connectivity index (χ4n) is 2.69. The Morgan fingerprint density at radius 2 is 1.96 bits per heavy atom. The second-order valence-electron chi connectivity index (χ2n) is 5.45. The molecule has 0 spiro atoms. The molecular formula is C19H17N3O. The summed E-state index contributed by atoms with van der Waals surface area (Å²) in [6.45, 7) is 1.29. The van der Waals surface area contributed by atoms with Crippen LogP contribution in [0.4, 0.5) is 5.82 Å². The van der Waals surface area contributed by atoms with Crippen LogP contribution in [0.3, 0.4) is 0 Å². The van der Waals surface area contributed by atoms with Gasteiger partial charge in [-0.25, -0.2) is 0 Å². The monoisotopic (exact) mass is 303 g/mol. The van der Waals surface area contributed by atoms with E-state index in [9.17, 15) is 0 Å². The predicted molar refractivity (Wildman–Crippen MR) is 92.4 cm³/mol. The van der Waals surface area contributed by atoms with Gasteiger partial charge in [-0.2, -0.15) is 0 Å². The lowest BCUT2D eigenvalue weighted by Crippen LogP contribution is -2.08. The highest BCUT2D eigenvalue weighted by Crippen LogP contribution is 2.26. The van der Waals surface area contributed by atoms with Crippen molar-refractivity contribution in [2.45, 2.75) is 13.2 Å². The van der Waals surface area contributed by atoms with Crippen molar-refractivity contribution in [3.05, 3.63) is 78.0 Å². The van der Waals surface area contributed by atoms with Gasteiger partial charge in [0.25, 0.3) is 0 Å². The molecule has 0 saturated carbocycles. The van der Waals surface area contributed by atoms with Crippen molar-refractivity contribution < 1.29 is 4.74 Å². The molecule has 1 aliphatic rings. The molecule has 3 aromatic rings. The van der Waals surface area contributed by atoms with E-state index in [4.69, 9.17) is 4.74 Å². The number of fused-ring (bicyclic) bond motifs is 1. The highest BCUT2D eigenvalue weighted by Gasteiger charge is 2.12. The zero-order valence-electron chi connectivity index (χ0n) is 12.6. The third kappa shape index (κ3) is 2.83. The third-order valence-corrected chi connectivity index (χ3v) is 3.87. The number of rotatable bonds is 4.